The Balaban J connectivity index is 1.86. The average molecular weight is 410 g/mol. The molecule has 2 aromatic carbocycles. The number of carbonyl (C=O) groups excluding carboxylic acids is 1. The number of nitro benzene ring substituents is 1. The zero-order valence-electron chi connectivity index (χ0n) is 13.6. The molecule has 1 aromatic heterocycles. The van der Waals surface area contributed by atoms with Gasteiger partial charge in [0.1, 0.15) is 5.02 Å². The summed E-state index contributed by atoms with van der Waals surface area (Å²) >= 11 is 6.87. The van der Waals surface area contributed by atoms with Gasteiger partial charge in [-0.25, -0.2) is 13.8 Å². The molecule has 10 heteroatoms. The van der Waals surface area contributed by atoms with Crippen LogP contribution in [0.15, 0.2) is 36.4 Å². The molecule has 0 bridgehead atoms. The lowest BCUT2D eigenvalue weighted by Crippen LogP contribution is -2.12. The van der Waals surface area contributed by atoms with Crippen molar-refractivity contribution in [3.05, 3.63) is 73.6 Å². The topological polar surface area (TPSA) is 85.1 Å². The number of hydrogen-bond acceptors (Lipinski definition) is 5. The molecule has 0 fully saturated rings. The molecular weight excluding hydrogens is 400 g/mol. The molecular formula is C17H10ClF2N3O3S. The van der Waals surface area contributed by atoms with Gasteiger partial charge in [0.25, 0.3) is 11.6 Å². The maximum absolute atomic E-state index is 13.4. The van der Waals surface area contributed by atoms with Gasteiger partial charge in [-0.05, 0) is 37.3 Å². The van der Waals surface area contributed by atoms with Gasteiger partial charge in [0, 0.05) is 22.1 Å². The largest absolute Gasteiger partial charge is 0.298 e. The molecule has 0 unspecified atom stereocenters. The number of anilines is 1. The van der Waals surface area contributed by atoms with Crippen LogP contribution in [0.1, 0.15) is 15.2 Å². The van der Waals surface area contributed by atoms with Crippen molar-refractivity contribution in [2.45, 2.75) is 6.92 Å². The number of hydrogen-bond donors (Lipinski definition) is 1. The Hall–Kier alpha value is -2.91. The monoisotopic (exact) mass is 409 g/mol. The molecule has 0 aliphatic rings. The van der Waals surface area contributed by atoms with Crippen molar-refractivity contribution in [1.29, 1.82) is 0 Å². The van der Waals surface area contributed by atoms with Crippen LogP contribution in [0.5, 0.6) is 0 Å². The third kappa shape index (κ3) is 3.93. The molecule has 0 aliphatic heterocycles. The Kier molecular flexibility index (Phi) is 5.15. The first-order valence-corrected chi connectivity index (χ1v) is 8.64. The summed E-state index contributed by atoms with van der Waals surface area (Å²) in [5.41, 5.74) is 0.414. The normalized spacial score (nSPS) is 10.7. The summed E-state index contributed by atoms with van der Waals surface area (Å²) in [4.78, 5) is 27.5. The minimum Gasteiger partial charge on any atom is -0.298 e. The third-order valence-corrected chi connectivity index (χ3v) is 4.82. The van der Waals surface area contributed by atoms with Crippen LogP contribution in [0.4, 0.5) is 19.6 Å². The Morgan fingerprint density at radius 1 is 1.22 bits per heavy atom. The van der Waals surface area contributed by atoms with Gasteiger partial charge < -0.3 is 0 Å². The average Bonchev–Trinajstić information content (AvgIpc) is 2.97. The van der Waals surface area contributed by atoms with Gasteiger partial charge in [-0.2, -0.15) is 0 Å². The summed E-state index contributed by atoms with van der Waals surface area (Å²) < 4.78 is 26.5. The van der Waals surface area contributed by atoms with E-state index >= 15 is 0 Å². The van der Waals surface area contributed by atoms with Crippen molar-refractivity contribution in [2.24, 2.45) is 0 Å². The van der Waals surface area contributed by atoms with Crippen molar-refractivity contribution < 1.29 is 18.5 Å². The van der Waals surface area contributed by atoms with Crippen molar-refractivity contribution in [3.8, 4) is 11.3 Å². The second kappa shape index (κ2) is 7.37. The van der Waals surface area contributed by atoms with E-state index in [1.165, 1.54) is 18.2 Å². The third-order valence-electron chi connectivity index (χ3n) is 3.62. The van der Waals surface area contributed by atoms with Crippen molar-refractivity contribution in [1.82, 2.24) is 4.98 Å². The van der Waals surface area contributed by atoms with Gasteiger partial charge in [0.15, 0.2) is 16.8 Å². The fourth-order valence-corrected chi connectivity index (χ4v) is 3.34. The number of aromatic nitrogens is 1. The van der Waals surface area contributed by atoms with Crippen LogP contribution in [0.3, 0.4) is 0 Å². The van der Waals surface area contributed by atoms with Gasteiger partial charge in [-0.15, -0.1) is 11.3 Å². The molecule has 0 spiro atoms. The number of thiazole rings is 1. The lowest BCUT2D eigenvalue weighted by atomic mass is 10.1. The van der Waals surface area contributed by atoms with Gasteiger partial charge in [-0.3, -0.25) is 20.2 Å². The van der Waals surface area contributed by atoms with Gasteiger partial charge in [0.2, 0.25) is 0 Å². The molecule has 3 aromatic rings. The molecule has 1 heterocycles. The van der Waals surface area contributed by atoms with E-state index in [1.807, 2.05) is 0 Å². The number of benzene rings is 2. The second-order valence-electron chi connectivity index (χ2n) is 5.43. The van der Waals surface area contributed by atoms with Crippen LogP contribution >= 0.6 is 22.9 Å². The molecule has 0 saturated carbocycles. The van der Waals surface area contributed by atoms with Gasteiger partial charge in [-0.1, -0.05) is 11.6 Å². The molecule has 0 aliphatic carbocycles. The highest BCUT2D eigenvalue weighted by Crippen LogP contribution is 2.32. The van der Waals surface area contributed by atoms with E-state index in [0.29, 0.717) is 16.1 Å². The zero-order chi connectivity index (χ0) is 19.7. The number of amides is 1. The first-order valence-electron chi connectivity index (χ1n) is 7.44. The summed E-state index contributed by atoms with van der Waals surface area (Å²) in [6.07, 6.45) is 0. The number of halogens is 3. The molecule has 0 atom stereocenters. The SMILES string of the molecule is Cc1sc(NC(=O)c2ccc(Cl)c([N+](=O)[O-])c2)nc1-c1ccc(F)c(F)c1. The maximum atomic E-state index is 13.4. The number of nitrogens with zero attached hydrogens (tertiary/aromatic N) is 2. The van der Waals surface area contributed by atoms with Gasteiger partial charge >= 0.3 is 0 Å². The molecule has 27 heavy (non-hydrogen) atoms. The Bertz CT molecular complexity index is 1070. The van der Waals surface area contributed by atoms with Crippen LogP contribution in [0, 0.1) is 28.7 Å². The standard InChI is InChI=1S/C17H10ClF2N3O3S/c1-8-15(9-3-5-12(19)13(20)6-9)21-17(27-8)22-16(24)10-2-4-11(18)14(7-10)23(25)26/h2-7H,1H3,(H,21,22,24). The van der Waals surface area contributed by atoms with Crippen LogP contribution < -0.4 is 5.32 Å². The van der Waals surface area contributed by atoms with Crippen LogP contribution in [-0.2, 0) is 0 Å². The van der Waals surface area contributed by atoms with Crippen molar-refractivity contribution >= 4 is 39.7 Å². The molecule has 0 radical (unpaired) electrons. The zero-order valence-corrected chi connectivity index (χ0v) is 15.2. The van der Waals surface area contributed by atoms with Crippen LogP contribution in [0.25, 0.3) is 11.3 Å². The lowest BCUT2D eigenvalue weighted by Gasteiger charge is -2.03. The number of nitrogens with one attached hydrogen (secondary N) is 1. The van der Waals surface area contributed by atoms with E-state index in [-0.39, 0.29) is 21.4 Å². The molecule has 3 rings (SSSR count). The highest BCUT2D eigenvalue weighted by molar-refractivity contribution is 7.16. The van der Waals surface area contributed by atoms with E-state index in [1.54, 1.807) is 6.92 Å². The molecule has 6 nitrogen and oxygen atoms in total. The highest BCUT2D eigenvalue weighted by Gasteiger charge is 2.18. The number of rotatable bonds is 4. The molecule has 0 saturated heterocycles. The Morgan fingerprint density at radius 2 is 1.96 bits per heavy atom. The quantitative estimate of drug-likeness (QED) is 0.473. The maximum Gasteiger partial charge on any atom is 0.288 e. The van der Waals surface area contributed by atoms with E-state index in [0.717, 1.165) is 29.5 Å². The van der Waals surface area contributed by atoms with E-state index < -0.39 is 22.5 Å². The van der Waals surface area contributed by atoms with E-state index in [4.69, 9.17) is 11.6 Å². The predicted octanol–water partition coefficient (Wildman–Crippen LogP) is 5.21. The number of nitro groups is 1. The van der Waals surface area contributed by atoms with Crippen molar-refractivity contribution in [2.75, 3.05) is 5.32 Å². The minimum absolute atomic E-state index is 0.0355. The van der Waals surface area contributed by atoms with Gasteiger partial charge in [0.05, 0.1) is 10.6 Å². The summed E-state index contributed by atoms with van der Waals surface area (Å²) in [5.74, 6) is -2.58. The molecule has 138 valence electrons. The number of aryl methyl sites for hydroxylation is 1. The molecule has 1 amide bonds. The molecule has 1 N–H and O–H groups in total. The fourth-order valence-electron chi connectivity index (χ4n) is 2.32. The smallest absolute Gasteiger partial charge is 0.288 e. The predicted molar refractivity (Wildman–Crippen MR) is 98.3 cm³/mol. The van der Waals surface area contributed by atoms with Crippen molar-refractivity contribution in [3.63, 3.8) is 0 Å². The fraction of sp³-hybridized carbons (Fsp3) is 0.0588. The summed E-state index contributed by atoms with van der Waals surface area (Å²) in [7, 11) is 0. The number of carbonyl (C=O) groups is 1. The van der Waals surface area contributed by atoms with E-state index in [9.17, 15) is 23.7 Å². The Labute approximate surface area is 160 Å². The van der Waals surface area contributed by atoms with Crippen LogP contribution in [-0.4, -0.2) is 15.8 Å². The summed E-state index contributed by atoms with van der Waals surface area (Å²) in [6, 6.07) is 7.07. The summed E-state index contributed by atoms with van der Waals surface area (Å²) in [6.45, 7) is 1.72. The Morgan fingerprint density at radius 3 is 2.63 bits per heavy atom. The first kappa shape index (κ1) is 18.9. The second-order valence-corrected chi connectivity index (χ2v) is 7.04. The highest BCUT2D eigenvalue weighted by atomic mass is 35.5. The van der Waals surface area contributed by atoms with Crippen LogP contribution in [0.2, 0.25) is 5.02 Å². The summed E-state index contributed by atoms with van der Waals surface area (Å²) in [5, 5.41) is 13.6. The minimum atomic E-state index is -1.00. The lowest BCUT2D eigenvalue weighted by molar-refractivity contribution is -0.384. The van der Waals surface area contributed by atoms with E-state index in [2.05, 4.69) is 10.3 Å². The first-order chi connectivity index (χ1) is 12.8.